The van der Waals surface area contributed by atoms with Crippen LogP contribution in [0.5, 0.6) is 0 Å². The maximum absolute atomic E-state index is 12.0. The number of nitrogens with zero attached hydrogens (tertiary/aromatic N) is 1. The van der Waals surface area contributed by atoms with Gasteiger partial charge in [-0.2, -0.15) is 0 Å². The summed E-state index contributed by atoms with van der Waals surface area (Å²) in [5.74, 6) is 0.137. The number of rotatable bonds is 1. The number of likely N-dealkylation sites (tertiary alicyclic amines) is 1. The van der Waals surface area contributed by atoms with Gasteiger partial charge in [0.1, 0.15) is 0 Å². The molecular formula is C13H20N2O2. The van der Waals surface area contributed by atoms with Crippen molar-refractivity contribution >= 4 is 11.8 Å². The van der Waals surface area contributed by atoms with Gasteiger partial charge in [-0.25, -0.2) is 0 Å². The number of carbonyl (C=O) groups is 2. The third-order valence-corrected chi connectivity index (χ3v) is 4.38. The van der Waals surface area contributed by atoms with Crippen LogP contribution in [-0.2, 0) is 9.59 Å². The predicted molar refractivity (Wildman–Crippen MR) is 63.3 cm³/mol. The van der Waals surface area contributed by atoms with Gasteiger partial charge in [0, 0.05) is 31.0 Å². The molecule has 2 unspecified atom stereocenters. The Morgan fingerprint density at radius 1 is 0.941 bits per heavy atom. The molecule has 0 aliphatic carbocycles. The van der Waals surface area contributed by atoms with E-state index in [1.165, 1.54) is 12.8 Å². The molecule has 3 aliphatic rings. The first-order chi connectivity index (χ1) is 8.24. The summed E-state index contributed by atoms with van der Waals surface area (Å²) in [6.07, 6.45) is 7.21. The monoisotopic (exact) mass is 236 g/mol. The van der Waals surface area contributed by atoms with Crippen molar-refractivity contribution in [1.82, 2.24) is 10.2 Å². The summed E-state index contributed by atoms with van der Waals surface area (Å²) in [7, 11) is 0. The van der Waals surface area contributed by atoms with Gasteiger partial charge in [0.05, 0.1) is 0 Å². The predicted octanol–water partition coefficient (Wildman–Crippen LogP) is 1.20. The van der Waals surface area contributed by atoms with E-state index in [1.54, 1.807) is 4.90 Å². The van der Waals surface area contributed by atoms with Crippen molar-refractivity contribution in [3.8, 4) is 0 Å². The van der Waals surface area contributed by atoms with Crippen LogP contribution in [0.2, 0.25) is 0 Å². The summed E-state index contributed by atoms with van der Waals surface area (Å²) in [5, 5.41) is 3.56. The third-order valence-electron chi connectivity index (χ3n) is 4.38. The van der Waals surface area contributed by atoms with Crippen molar-refractivity contribution in [1.29, 1.82) is 0 Å². The molecule has 1 N–H and O–H groups in total. The molecule has 17 heavy (non-hydrogen) atoms. The number of nitrogens with one attached hydrogen (secondary N) is 1. The lowest BCUT2D eigenvalue weighted by Gasteiger charge is -2.36. The second-order valence-electron chi connectivity index (χ2n) is 5.63. The molecule has 3 heterocycles. The Bertz CT molecular complexity index is 312. The smallest absolute Gasteiger partial charge is 0.229 e. The van der Waals surface area contributed by atoms with Crippen LogP contribution in [0, 0.1) is 0 Å². The van der Waals surface area contributed by atoms with Crippen LogP contribution in [0.1, 0.15) is 51.4 Å². The normalized spacial score (nSPS) is 38.4. The molecule has 4 nitrogen and oxygen atoms in total. The molecule has 2 bridgehead atoms. The molecule has 2 atom stereocenters. The fourth-order valence-electron chi connectivity index (χ4n) is 3.58. The summed E-state index contributed by atoms with van der Waals surface area (Å²) >= 11 is 0. The Balaban J connectivity index is 1.77. The number of amides is 2. The van der Waals surface area contributed by atoms with Crippen molar-refractivity contribution in [2.24, 2.45) is 0 Å². The van der Waals surface area contributed by atoms with Gasteiger partial charge in [0.15, 0.2) is 0 Å². The molecule has 3 rings (SSSR count). The molecule has 3 saturated heterocycles. The van der Waals surface area contributed by atoms with Crippen LogP contribution < -0.4 is 5.32 Å². The van der Waals surface area contributed by atoms with Crippen molar-refractivity contribution in [3.05, 3.63) is 0 Å². The van der Waals surface area contributed by atoms with E-state index in [-0.39, 0.29) is 17.9 Å². The first kappa shape index (κ1) is 11.2. The number of imide groups is 1. The first-order valence-corrected chi connectivity index (χ1v) is 6.85. The number of fused-ring (bicyclic) bond motifs is 2. The van der Waals surface area contributed by atoms with Gasteiger partial charge in [-0.05, 0) is 38.5 Å². The van der Waals surface area contributed by atoms with Gasteiger partial charge in [-0.15, -0.1) is 0 Å². The summed E-state index contributed by atoms with van der Waals surface area (Å²) in [6, 6.07) is 1.23. The molecule has 3 fully saturated rings. The van der Waals surface area contributed by atoms with Gasteiger partial charge >= 0.3 is 0 Å². The van der Waals surface area contributed by atoms with Crippen molar-refractivity contribution in [2.45, 2.75) is 69.5 Å². The molecular weight excluding hydrogens is 216 g/mol. The van der Waals surface area contributed by atoms with E-state index in [1.807, 2.05) is 0 Å². The van der Waals surface area contributed by atoms with E-state index in [4.69, 9.17) is 0 Å². The summed E-state index contributed by atoms with van der Waals surface area (Å²) < 4.78 is 0. The quantitative estimate of drug-likeness (QED) is 0.696. The van der Waals surface area contributed by atoms with Crippen molar-refractivity contribution < 1.29 is 9.59 Å². The Hall–Kier alpha value is -0.900. The lowest BCUT2D eigenvalue weighted by Crippen LogP contribution is -2.51. The summed E-state index contributed by atoms with van der Waals surface area (Å²) in [4.78, 5) is 25.7. The third kappa shape index (κ3) is 2.10. The molecule has 4 heteroatoms. The average molecular weight is 236 g/mol. The number of hydrogen-bond donors (Lipinski definition) is 1. The zero-order valence-corrected chi connectivity index (χ0v) is 10.2. The van der Waals surface area contributed by atoms with E-state index < -0.39 is 0 Å². The highest BCUT2D eigenvalue weighted by Crippen LogP contribution is 2.31. The molecule has 2 amide bonds. The van der Waals surface area contributed by atoms with Crippen LogP contribution in [0.3, 0.4) is 0 Å². The second kappa shape index (κ2) is 4.41. The lowest BCUT2D eigenvalue weighted by atomic mass is 9.97. The Morgan fingerprint density at radius 3 is 2.00 bits per heavy atom. The number of piperidine rings is 1. The average Bonchev–Trinajstić information content (AvgIpc) is 2.54. The van der Waals surface area contributed by atoms with E-state index in [2.05, 4.69) is 5.32 Å². The standard InChI is InChI=1S/C13H20N2O2/c16-12-3-1-2-4-13(17)15(12)11-7-9-5-6-10(8-11)14-9/h9-11,14H,1-8H2. The van der Waals surface area contributed by atoms with Crippen LogP contribution in [0.25, 0.3) is 0 Å². The highest BCUT2D eigenvalue weighted by molar-refractivity contribution is 5.96. The molecule has 0 aromatic carbocycles. The highest BCUT2D eigenvalue weighted by Gasteiger charge is 2.40. The molecule has 0 radical (unpaired) electrons. The SMILES string of the molecule is O=C1CCCCC(=O)N1C1CC2CCC(C1)N2. The van der Waals surface area contributed by atoms with Crippen molar-refractivity contribution in [3.63, 3.8) is 0 Å². The van der Waals surface area contributed by atoms with Crippen molar-refractivity contribution in [2.75, 3.05) is 0 Å². The lowest BCUT2D eigenvalue weighted by molar-refractivity contribution is -0.147. The first-order valence-electron chi connectivity index (χ1n) is 6.85. The van der Waals surface area contributed by atoms with E-state index in [0.717, 1.165) is 25.7 Å². The Labute approximate surface area is 102 Å². The molecule has 0 saturated carbocycles. The summed E-state index contributed by atoms with van der Waals surface area (Å²) in [6.45, 7) is 0. The Kier molecular flexibility index (Phi) is 2.90. The summed E-state index contributed by atoms with van der Waals surface area (Å²) in [5.41, 5.74) is 0. The zero-order valence-electron chi connectivity index (χ0n) is 10.2. The van der Waals surface area contributed by atoms with Gasteiger partial charge < -0.3 is 5.32 Å². The molecule has 94 valence electrons. The van der Waals surface area contributed by atoms with Gasteiger partial charge in [0.2, 0.25) is 11.8 Å². The van der Waals surface area contributed by atoms with E-state index in [9.17, 15) is 9.59 Å². The van der Waals surface area contributed by atoms with E-state index >= 15 is 0 Å². The van der Waals surface area contributed by atoms with Crippen LogP contribution >= 0.6 is 0 Å². The largest absolute Gasteiger partial charge is 0.311 e. The molecule has 0 spiro atoms. The second-order valence-corrected chi connectivity index (χ2v) is 5.63. The van der Waals surface area contributed by atoms with Gasteiger partial charge in [-0.3, -0.25) is 14.5 Å². The Morgan fingerprint density at radius 2 is 1.47 bits per heavy atom. The number of hydrogen-bond acceptors (Lipinski definition) is 3. The minimum absolute atomic E-state index is 0.0683. The molecule has 0 aromatic heterocycles. The molecule has 3 aliphatic heterocycles. The fourth-order valence-corrected chi connectivity index (χ4v) is 3.58. The maximum Gasteiger partial charge on any atom is 0.229 e. The van der Waals surface area contributed by atoms with Gasteiger partial charge in [-0.1, -0.05) is 0 Å². The topological polar surface area (TPSA) is 49.4 Å². The van der Waals surface area contributed by atoms with Gasteiger partial charge in [0.25, 0.3) is 0 Å². The number of carbonyl (C=O) groups excluding carboxylic acids is 2. The zero-order chi connectivity index (χ0) is 11.8. The van der Waals surface area contributed by atoms with E-state index in [0.29, 0.717) is 24.9 Å². The van der Waals surface area contributed by atoms with Crippen LogP contribution in [0.4, 0.5) is 0 Å². The highest BCUT2D eigenvalue weighted by atomic mass is 16.2. The van der Waals surface area contributed by atoms with Crippen LogP contribution in [-0.4, -0.2) is 34.8 Å². The minimum Gasteiger partial charge on any atom is -0.311 e. The van der Waals surface area contributed by atoms with Crippen LogP contribution in [0.15, 0.2) is 0 Å². The fraction of sp³-hybridized carbons (Fsp3) is 0.846. The maximum atomic E-state index is 12.0. The molecule has 0 aromatic rings. The minimum atomic E-state index is 0.0683.